The summed E-state index contributed by atoms with van der Waals surface area (Å²) in [6.45, 7) is 1.98. The van der Waals surface area contributed by atoms with Crippen LogP contribution >= 0.6 is 11.6 Å². The molecule has 1 heterocycles. The molecule has 4 nitrogen and oxygen atoms in total. The van der Waals surface area contributed by atoms with E-state index in [1.54, 1.807) is 0 Å². The zero-order chi connectivity index (χ0) is 15.8. The summed E-state index contributed by atoms with van der Waals surface area (Å²) < 4.78 is 5.28. The Bertz CT molecular complexity index is 475. The Morgan fingerprint density at radius 1 is 1.41 bits per heavy atom. The molecule has 1 aromatic carbocycles. The van der Waals surface area contributed by atoms with Gasteiger partial charge in [-0.3, -0.25) is 4.79 Å². The molecule has 122 valence electrons. The van der Waals surface area contributed by atoms with E-state index in [4.69, 9.17) is 16.3 Å². The van der Waals surface area contributed by atoms with Gasteiger partial charge in [0.1, 0.15) is 0 Å². The number of halogens is 1. The number of rotatable bonds is 7. The van der Waals surface area contributed by atoms with E-state index in [0.717, 1.165) is 31.6 Å². The second-order valence-electron chi connectivity index (χ2n) is 5.79. The zero-order valence-corrected chi connectivity index (χ0v) is 13.5. The highest BCUT2D eigenvalue weighted by atomic mass is 35.5. The van der Waals surface area contributed by atoms with Crippen molar-refractivity contribution in [2.45, 2.75) is 38.2 Å². The second kappa shape index (κ2) is 9.13. The van der Waals surface area contributed by atoms with Gasteiger partial charge in [0.15, 0.2) is 0 Å². The Morgan fingerprint density at radius 3 is 2.91 bits per heavy atom. The summed E-state index contributed by atoms with van der Waals surface area (Å²) >= 11 is 5.92. The molecule has 0 saturated carbocycles. The average Bonchev–Trinajstić information content (AvgIpc) is 2.54. The molecule has 1 fully saturated rings. The standard InChI is InChI=1S/C17H24ClNO3/c18-15-3-1-2-13(12-15)4-5-17(21)19-9-6-16(20)14-7-10-22-11-8-14/h1-3,12,14,16,20H,4-11H2,(H,19,21)/t16-/m0/s1. The fraction of sp³-hybridized carbons (Fsp3) is 0.588. The van der Waals surface area contributed by atoms with E-state index in [9.17, 15) is 9.90 Å². The van der Waals surface area contributed by atoms with E-state index in [0.29, 0.717) is 36.7 Å². The number of aliphatic hydroxyl groups excluding tert-OH is 1. The first-order valence-electron chi connectivity index (χ1n) is 7.92. The van der Waals surface area contributed by atoms with Gasteiger partial charge >= 0.3 is 0 Å². The molecule has 5 heteroatoms. The van der Waals surface area contributed by atoms with Crippen molar-refractivity contribution in [3.8, 4) is 0 Å². The van der Waals surface area contributed by atoms with Gasteiger partial charge in [0.2, 0.25) is 5.91 Å². The molecule has 1 atom stereocenters. The van der Waals surface area contributed by atoms with Crippen LogP contribution in [0.1, 0.15) is 31.2 Å². The van der Waals surface area contributed by atoms with E-state index < -0.39 is 0 Å². The van der Waals surface area contributed by atoms with Gasteiger partial charge in [-0.1, -0.05) is 23.7 Å². The molecule has 1 aliphatic rings. The lowest BCUT2D eigenvalue weighted by Gasteiger charge is -2.26. The molecule has 2 rings (SSSR count). The number of hydrogen-bond donors (Lipinski definition) is 2. The quantitative estimate of drug-likeness (QED) is 0.810. The van der Waals surface area contributed by atoms with E-state index in [1.165, 1.54) is 0 Å². The van der Waals surface area contributed by atoms with Crippen LogP contribution in [0.2, 0.25) is 5.02 Å². The second-order valence-corrected chi connectivity index (χ2v) is 6.22. The fourth-order valence-corrected chi connectivity index (χ4v) is 2.95. The summed E-state index contributed by atoms with van der Waals surface area (Å²) in [5.41, 5.74) is 1.06. The Kier molecular flexibility index (Phi) is 7.16. The van der Waals surface area contributed by atoms with Gasteiger partial charge in [-0.2, -0.15) is 0 Å². The van der Waals surface area contributed by atoms with Gasteiger partial charge in [-0.15, -0.1) is 0 Å². The van der Waals surface area contributed by atoms with Gasteiger partial charge in [0, 0.05) is 31.2 Å². The molecule has 0 aromatic heterocycles. The minimum absolute atomic E-state index is 0.0131. The minimum atomic E-state index is -0.350. The predicted molar refractivity (Wildman–Crippen MR) is 86.9 cm³/mol. The van der Waals surface area contributed by atoms with Crippen LogP contribution in [0, 0.1) is 5.92 Å². The average molecular weight is 326 g/mol. The normalized spacial score (nSPS) is 17.2. The maximum atomic E-state index is 11.8. The molecular weight excluding hydrogens is 302 g/mol. The molecule has 0 spiro atoms. The van der Waals surface area contributed by atoms with Crippen LogP contribution in [0.15, 0.2) is 24.3 Å². The maximum absolute atomic E-state index is 11.8. The van der Waals surface area contributed by atoms with Crippen molar-refractivity contribution in [3.63, 3.8) is 0 Å². The highest BCUT2D eigenvalue weighted by molar-refractivity contribution is 6.30. The number of carbonyl (C=O) groups is 1. The number of aliphatic hydroxyl groups is 1. The summed E-state index contributed by atoms with van der Waals surface area (Å²) in [6.07, 6.45) is 3.18. The smallest absolute Gasteiger partial charge is 0.220 e. The van der Waals surface area contributed by atoms with E-state index >= 15 is 0 Å². The minimum Gasteiger partial charge on any atom is -0.393 e. The number of ether oxygens (including phenoxy) is 1. The molecule has 1 aliphatic heterocycles. The zero-order valence-electron chi connectivity index (χ0n) is 12.8. The molecule has 0 bridgehead atoms. The number of nitrogens with one attached hydrogen (secondary N) is 1. The van der Waals surface area contributed by atoms with Gasteiger partial charge in [-0.25, -0.2) is 0 Å². The van der Waals surface area contributed by atoms with Crippen LogP contribution in [0.25, 0.3) is 0 Å². The largest absolute Gasteiger partial charge is 0.393 e. The Balaban J connectivity index is 1.61. The predicted octanol–water partition coefficient (Wildman–Crippen LogP) is 2.57. The molecule has 22 heavy (non-hydrogen) atoms. The van der Waals surface area contributed by atoms with Crippen LogP contribution in [-0.2, 0) is 16.0 Å². The van der Waals surface area contributed by atoms with Gasteiger partial charge in [-0.05, 0) is 49.3 Å². The lowest BCUT2D eigenvalue weighted by molar-refractivity contribution is -0.121. The van der Waals surface area contributed by atoms with Crippen molar-refractivity contribution < 1.29 is 14.6 Å². The Labute approximate surface area is 136 Å². The van der Waals surface area contributed by atoms with Gasteiger partial charge in [0.05, 0.1) is 6.10 Å². The van der Waals surface area contributed by atoms with Crippen molar-refractivity contribution in [1.82, 2.24) is 5.32 Å². The first kappa shape index (κ1) is 17.3. The van der Waals surface area contributed by atoms with Gasteiger partial charge < -0.3 is 15.2 Å². The SMILES string of the molecule is O=C(CCc1cccc(Cl)c1)NCC[C@H](O)C1CCOCC1. The number of benzene rings is 1. The monoisotopic (exact) mass is 325 g/mol. The van der Waals surface area contributed by atoms with Crippen molar-refractivity contribution in [2.75, 3.05) is 19.8 Å². The highest BCUT2D eigenvalue weighted by Crippen LogP contribution is 2.20. The van der Waals surface area contributed by atoms with Crippen LogP contribution in [-0.4, -0.2) is 36.9 Å². The van der Waals surface area contributed by atoms with Crippen LogP contribution in [0.3, 0.4) is 0 Å². The first-order valence-corrected chi connectivity index (χ1v) is 8.30. The van der Waals surface area contributed by atoms with Crippen molar-refractivity contribution in [1.29, 1.82) is 0 Å². The molecule has 0 aliphatic carbocycles. The fourth-order valence-electron chi connectivity index (χ4n) is 2.73. The summed E-state index contributed by atoms with van der Waals surface area (Å²) in [5, 5.41) is 13.7. The van der Waals surface area contributed by atoms with E-state index in [2.05, 4.69) is 5.32 Å². The highest BCUT2D eigenvalue weighted by Gasteiger charge is 2.21. The van der Waals surface area contributed by atoms with Crippen LogP contribution in [0.4, 0.5) is 0 Å². The van der Waals surface area contributed by atoms with Gasteiger partial charge in [0.25, 0.3) is 0 Å². The van der Waals surface area contributed by atoms with Crippen molar-refractivity contribution in [3.05, 3.63) is 34.9 Å². The van der Waals surface area contributed by atoms with E-state index in [1.807, 2.05) is 24.3 Å². The van der Waals surface area contributed by atoms with Crippen molar-refractivity contribution >= 4 is 17.5 Å². The topological polar surface area (TPSA) is 58.6 Å². The van der Waals surface area contributed by atoms with E-state index in [-0.39, 0.29) is 12.0 Å². The number of amides is 1. The number of hydrogen-bond acceptors (Lipinski definition) is 3. The Morgan fingerprint density at radius 2 is 2.18 bits per heavy atom. The third-order valence-electron chi connectivity index (χ3n) is 4.10. The molecule has 0 radical (unpaired) electrons. The lowest BCUT2D eigenvalue weighted by Crippen LogP contribution is -2.32. The Hall–Kier alpha value is -1.10. The summed E-state index contributed by atoms with van der Waals surface area (Å²) in [5.74, 6) is 0.316. The molecule has 0 unspecified atom stereocenters. The third kappa shape index (κ3) is 5.95. The first-order chi connectivity index (χ1) is 10.6. The summed E-state index contributed by atoms with van der Waals surface area (Å²) in [7, 11) is 0. The molecule has 1 amide bonds. The molecule has 2 N–H and O–H groups in total. The third-order valence-corrected chi connectivity index (χ3v) is 4.34. The maximum Gasteiger partial charge on any atom is 0.220 e. The lowest BCUT2D eigenvalue weighted by atomic mass is 9.92. The number of aryl methyl sites for hydroxylation is 1. The van der Waals surface area contributed by atoms with Crippen LogP contribution in [0.5, 0.6) is 0 Å². The molecule has 1 saturated heterocycles. The summed E-state index contributed by atoms with van der Waals surface area (Å²) in [4.78, 5) is 11.8. The summed E-state index contributed by atoms with van der Waals surface area (Å²) in [6, 6.07) is 7.56. The molecular formula is C17H24ClNO3. The van der Waals surface area contributed by atoms with Crippen molar-refractivity contribution in [2.24, 2.45) is 5.92 Å². The number of carbonyl (C=O) groups excluding carboxylic acids is 1. The van der Waals surface area contributed by atoms with Crippen LogP contribution < -0.4 is 5.32 Å². The molecule has 1 aromatic rings.